The number of ether oxygens (including phenoxy) is 1. The van der Waals surface area contributed by atoms with Gasteiger partial charge in [-0.05, 0) is 46.3 Å². The van der Waals surface area contributed by atoms with E-state index in [1.54, 1.807) is 18.2 Å². The van der Waals surface area contributed by atoms with Crippen molar-refractivity contribution in [1.82, 2.24) is 0 Å². The van der Waals surface area contributed by atoms with Crippen molar-refractivity contribution in [3.05, 3.63) is 52.5 Å². The maximum atomic E-state index is 13.4. The van der Waals surface area contributed by atoms with Gasteiger partial charge in [-0.2, -0.15) is 4.39 Å². The molecule has 0 aliphatic heterocycles. The monoisotopic (exact) mass is 350 g/mol. The van der Waals surface area contributed by atoms with Crippen molar-refractivity contribution in [3.8, 4) is 11.5 Å². The van der Waals surface area contributed by atoms with E-state index in [4.69, 9.17) is 10.6 Å². The minimum atomic E-state index is -1.02. The van der Waals surface area contributed by atoms with Gasteiger partial charge in [0.05, 0.1) is 5.69 Å². The topological polar surface area (TPSA) is 47.3 Å². The molecule has 0 aliphatic carbocycles. The number of nitrogens with one attached hydrogen (secondary N) is 1. The minimum absolute atomic E-state index is 0. The van der Waals surface area contributed by atoms with Gasteiger partial charge in [0, 0.05) is 4.47 Å². The Hall–Kier alpha value is -1.37. The zero-order valence-corrected chi connectivity index (χ0v) is 11.9. The first-order chi connectivity index (χ1) is 8.61. The van der Waals surface area contributed by atoms with Crippen molar-refractivity contribution in [3.63, 3.8) is 0 Å². The van der Waals surface area contributed by atoms with E-state index in [0.29, 0.717) is 15.9 Å². The summed E-state index contributed by atoms with van der Waals surface area (Å²) in [6, 6.07) is 8.58. The SMILES string of the molecule is Cl.NNc1ccc(Oc2cccc(F)c2F)cc1Br. The third-order valence-corrected chi connectivity index (χ3v) is 2.90. The number of nitrogen functional groups attached to an aromatic ring is 1. The van der Waals surface area contributed by atoms with Crippen molar-refractivity contribution >= 4 is 34.0 Å². The number of anilines is 1. The Morgan fingerprint density at radius 2 is 1.89 bits per heavy atom. The van der Waals surface area contributed by atoms with Crippen molar-refractivity contribution < 1.29 is 13.5 Å². The summed E-state index contributed by atoms with van der Waals surface area (Å²) in [5.41, 5.74) is 3.13. The Morgan fingerprint density at radius 1 is 1.16 bits per heavy atom. The lowest BCUT2D eigenvalue weighted by molar-refractivity contribution is 0.416. The van der Waals surface area contributed by atoms with Gasteiger partial charge < -0.3 is 10.2 Å². The maximum absolute atomic E-state index is 13.4. The van der Waals surface area contributed by atoms with Crippen LogP contribution in [0.1, 0.15) is 0 Å². The van der Waals surface area contributed by atoms with Gasteiger partial charge in [0.25, 0.3) is 0 Å². The Bertz CT molecular complexity index is 584. The van der Waals surface area contributed by atoms with Crippen molar-refractivity contribution in [2.75, 3.05) is 5.43 Å². The Labute approximate surface area is 123 Å². The molecule has 0 spiro atoms. The molecule has 2 rings (SSSR count). The Balaban J connectivity index is 0.00000180. The van der Waals surface area contributed by atoms with Gasteiger partial charge in [-0.15, -0.1) is 12.4 Å². The molecule has 0 atom stereocenters. The van der Waals surface area contributed by atoms with E-state index in [9.17, 15) is 8.78 Å². The molecular weight excluding hydrogens is 341 g/mol. The minimum Gasteiger partial charge on any atom is -0.454 e. The molecule has 0 aromatic heterocycles. The van der Waals surface area contributed by atoms with Crippen LogP contribution in [0.2, 0.25) is 0 Å². The van der Waals surface area contributed by atoms with Gasteiger partial charge >= 0.3 is 0 Å². The van der Waals surface area contributed by atoms with Gasteiger partial charge in [0.2, 0.25) is 5.82 Å². The molecule has 0 fully saturated rings. The fourth-order valence-electron chi connectivity index (χ4n) is 1.37. The number of halogens is 4. The fourth-order valence-corrected chi connectivity index (χ4v) is 1.84. The van der Waals surface area contributed by atoms with Crippen LogP contribution in [-0.2, 0) is 0 Å². The molecule has 0 unspecified atom stereocenters. The van der Waals surface area contributed by atoms with Crippen LogP contribution in [-0.4, -0.2) is 0 Å². The highest BCUT2D eigenvalue weighted by molar-refractivity contribution is 9.10. The molecule has 0 saturated carbocycles. The predicted octanol–water partition coefficient (Wildman–Crippen LogP) is 4.23. The Morgan fingerprint density at radius 3 is 2.53 bits per heavy atom. The molecule has 0 heterocycles. The van der Waals surface area contributed by atoms with Gasteiger partial charge in [-0.25, -0.2) is 4.39 Å². The first-order valence-corrected chi connectivity index (χ1v) is 5.79. The van der Waals surface area contributed by atoms with E-state index in [-0.39, 0.29) is 18.2 Å². The van der Waals surface area contributed by atoms with Crippen LogP contribution in [0.15, 0.2) is 40.9 Å². The summed E-state index contributed by atoms with van der Waals surface area (Å²) in [7, 11) is 0. The molecule has 3 nitrogen and oxygen atoms in total. The average Bonchev–Trinajstić information content (AvgIpc) is 2.35. The second-order valence-electron chi connectivity index (χ2n) is 3.44. The lowest BCUT2D eigenvalue weighted by Crippen LogP contribution is -2.07. The number of hydrogen-bond acceptors (Lipinski definition) is 3. The number of nitrogens with two attached hydrogens (primary N) is 1. The molecule has 7 heteroatoms. The van der Waals surface area contributed by atoms with Crippen molar-refractivity contribution in [2.45, 2.75) is 0 Å². The second kappa shape index (κ2) is 6.70. The quantitative estimate of drug-likeness (QED) is 0.643. The summed E-state index contributed by atoms with van der Waals surface area (Å²) in [6.45, 7) is 0. The van der Waals surface area contributed by atoms with E-state index in [1.807, 2.05) is 0 Å². The first kappa shape index (κ1) is 15.7. The predicted molar refractivity (Wildman–Crippen MR) is 75.6 cm³/mol. The number of hydrazine groups is 1. The molecule has 0 bridgehead atoms. The van der Waals surface area contributed by atoms with Crippen LogP contribution in [0, 0.1) is 11.6 Å². The van der Waals surface area contributed by atoms with Crippen LogP contribution < -0.4 is 16.0 Å². The highest BCUT2D eigenvalue weighted by Crippen LogP contribution is 2.31. The normalized spacial score (nSPS) is 9.68. The van der Waals surface area contributed by atoms with Crippen molar-refractivity contribution in [2.24, 2.45) is 5.84 Å². The molecule has 0 radical (unpaired) electrons. The van der Waals surface area contributed by atoms with E-state index >= 15 is 0 Å². The summed E-state index contributed by atoms with van der Waals surface area (Å²) in [5.74, 6) is 3.49. The largest absolute Gasteiger partial charge is 0.454 e. The highest BCUT2D eigenvalue weighted by Gasteiger charge is 2.10. The number of hydrogen-bond donors (Lipinski definition) is 2. The van der Waals surface area contributed by atoms with Crippen molar-refractivity contribution in [1.29, 1.82) is 0 Å². The summed E-state index contributed by atoms with van der Waals surface area (Å²) >= 11 is 3.26. The molecule has 0 amide bonds. The molecule has 3 N–H and O–H groups in total. The summed E-state index contributed by atoms with van der Waals surface area (Å²) in [4.78, 5) is 0. The molecule has 0 aliphatic rings. The maximum Gasteiger partial charge on any atom is 0.201 e. The summed E-state index contributed by atoms with van der Waals surface area (Å²) < 4.78 is 32.3. The highest BCUT2D eigenvalue weighted by atomic mass is 79.9. The zero-order chi connectivity index (χ0) is 13.1. The molecule has 19 heavy (non-hydrogen) atoms. The van der Waals surface area contributed by atoms with Crippen LogP contribution in [0.4, 0.5) is 14.5 Å². The molecule has 2 aromatic carbocycles. The lowest BCUT2D eigenvalue weighted by atomic mass is 10.3. The van der Waals surface area contributed by atoms with E-state index < -0.39 is 11.6 Å². The van der Waals surface area contributed by atoms with Crippen LogP contribution in [0.3, 0.4) is 0 Å². The van der Waals surface area contributed by atoms with Crippen LogP contribution >= 0.6 is 28.3 Å². The molecular formula is C12H10BrClF2N2O. The smallest absolute Gasteiger partial charge is 0.201 e. The third kappa shape index (κ3) is 3.56. The van der Waals surface area contributed by atoms with Gasteiger partial charge in [0.1, 0.15) is 5.75 Å². The molecule has 102 valence electrons. The van der Waals surface area contributed by atoms with Gasteiger partial charge in [-0.3, -0.25) is 5.84 Å². The fraction of sp³-hybridized carbons (Fsp3) is 0. The van der Waals surface area contributed by atoms with E-state index in [1.165, 1.54) is 12.1 Å². The van der Waals surface area contributed by atoms with E-state index in [0.717, 1.165) is 6.07 Å². The zero-order valence-electron chi connectivity index (χ0n) is 9.49. The standard InChI is InChI=1S/C12H9BrF2N2O.ClH/c13-8-6-7(4-5-10(8)17-16)18-11-3-1-2-9(14)12(11)15;/h1-6,17H,16H2;1H. The summed E-state index contributed by atoms with van der Waals surface area (Å²) in [5, 5.41) is 0. The van der Waals surface area contributed by atoms with Crippen LogP contribution in [0.5, 0.6) is 11.5 Å². The van der Waals surface area contributed by atoms with Crippen LogP contribution in [0.25, 0.3) is 0 Å². The number of rotatable bonds is 3. The molecule has 2 aromatic rings. The summed E-state index contributed by atoms with van der Waals surface area (Å²) in [6.07, 6.45) is 0. The second-order valence-corrected chi connectivity index (χ2v) is 4.29. The molecule has 0 saturated heterocycles. The first-order valence-electron chi connectivity index (χ1n) is 5.00. The van der Waals surface area contributed by atoms with E-state index in [2.05, 4.69) is 21.4 Å². The van der Waals surface area contributed by atoms with Gasteiger partial charge in [0.15, 0.2) is 11.6 Å². The Kier molecular flexibility index (Phi) is 5.53. The number of benzene rings is 2. The van der Waals surface area contributed by atoms with Gasteiger partial charge in [-0.1, -0.05) is 6.07 Å². The lowest BCUT2D eigenvalue weighted by Gasteiger charge is -2.09. The average molecular weight is 352 g/mol. The third-order valence-electron chi connectivity index (χ3n) is 2.24.